The summed E-state index contributed by atoms with van der Waals surface area (Å²) in [6, 6.07) is 13.1. The van der Waals surface area contributed by atoms with E-state index in [2.05, 4.69) is 0 Å². The van der Waals surface area contributed by atoms with Gasteiger partial charge in [0.25, 0.3) is 0 Å². The van der Waals surface area contributed by atoms with Gasteiger partial charge in [-0.1, -0.05) is 30.3 Å². The first kappa shape index (κ1) is 11.9. The number of carbonyl (C=O) groups is 2. The number of hydrogen-bond donors (Lipinski definition) is 2. The third-order valence-electron chi connectivity index (χ3n) is 2.53. The van der Waals surface area contributed by atoms with Crippen LogP contribution in [0.2, 0.25) is 0 Å². The highest BCUT2D eigenvalue weighted by Crippen LogP contribution is 2.22. The van der Waals surface area contributed by atoms with Gasteiger partial charge in [0.05, 0.1) is 11.1 Å². The molecular weight excluding hydrogens is 232 g/mol. The number of carboxylic acids is 2. The average molecular weight is 242 g/mol. The zero-order chi connectivity index (χ0) is 13.1. The van der Waals surface area contributed by atoms with Crippen LogP contribution in [0.25, 0.3) is 11.1 Å². The lowest BCUT2D eigenvalue weighted by atomic mass is 10.00. The predicted octanol–water partition coefficient (Wildman–Crippen LogP) is 2.75. The Morgan fingerprint density at radius 2 is 1.22 bits per heavy atom. The van der Waals surface area contributed by atoms with E-state index in [-0.39, 0.29) is 11.1 Å². The molecule has 4 nitrogen and oxygen atoms in total. The number of rotatable bonds is 3. The SMILES string of the molecule is O=C(O)c1cc(C(=O)O)cc(-c2ccccc2)c1. The summed E-state index contributed by atoms with van der Waals surface area (Å²) in [6.07, 6.45) is 0. The first-order valence-corrected chi connectivity index (χ1v) is 5.25. The van der Waals surface area contributed by atoms with Crippen LogP contribution in [0.4, 0.5) is 0 Å². The lowest BCUT2D eigenvalue weighted by Crippen LogP contribution is -2.02. The fourth-order valence-corrected chi connectivity index (χ4v) is 1.67. The molecule has 0 radical (unpaired) electrons. The largest absolute Gasteiger partial charge is 0.478 e. The average Bonchev–Trinajstić information content (AvgIpc) is 2.39. The van der Waals surface area contributed by atoms with Crippen LogP contribution in [0.15, 0.2) is 48.5 Å². The Bertz CT molecular complexity index is 570. The van der Waals surface area contributed by atoms with Crippen LogP contribution in [0, 0.1) is 0 Å². The van der Waals surface area contributed by atoms with Crippen LogP contribution >= 0.6 is 0 Å². The molecule has 0 amide bonds. The smallest absolute Gasteiger partial charge is 0.335 e. The molecule has 0 atom stereocenters. The van der Waals surface area contributed by atoms with Crippen molar-refractivity contribution in [3.63, 3.8) is 0 Å². The fourth-order valence-electron chi connectivity index (χ4n) is 1.67. The van der Waals surface area contributed by atoms with Gasteiger partial charge in [-0.3, -0.25) is 0 Å². The summed E-state index contributed by atoms with van der Waals surface area (Å²) in [5, 5.41) is 17.9. The topological polar surface area (TPSA) is 74.6 Å². The van der Waals surface area contributed by atoms with E-state index < -0.39 is 11.9 Å². The van der Waals surface area contributed by atoms with Crippen molar-refractivity contribution in [2.45, 2.75) is 0 Å². The van der Waals surface area contributed by atoms with Crippen LogP contribution in [-0.2, 0) is 0 Å². The van der Waals surface area contributed by atoms with Crippen LogP contribution in [0.5, 0.6) is 0 Å². The first-order valence-electron chi connectivity index (χ1n) is 5.25. The normalized spacial score (nSPS) is 10.0. The maximum Gasteiger partial charge on any atom is 0.335 e. The first-order chi connectivity index (χ1) is 8.58. The standard InChI is InChI=1S/C14H10O4/c15-13(16)11-6-10(7-12(8-11)14(17)18)9-4-2-1-3-5-9/h1-8H,(H,15,16)(H,17,18). The third kappa shape index (κ3) is 2.38. The molecule has 2 rings (SSSR count). The highest BCUT2D eigenvalue weighted by molar-refractivity contribution is 5.96. The Balaban J connectivity index is 2.61. The van der Waals surface area contributed by atoms with E-state index in [0.717, 1.165) is 11.6 Å². The van der Waals surface area contributed by atoms with E-state index >= 15 is 0 Å². The van der Waals surface area contributed by atoms with Crippen molar-refractivity contribution in [2.24, 2.45) is 0 Å². The zero-order valence-corrected chi connectivity index (χ0v) is 9.33. The monoisotopic (exact) mass is 242 g/mol. The molecule has 0 spiro atoms. The van der Waals surface area contributed by atoms with Crippen LogP contribution < -0.4 is 0 Å². The summed E-state index contributed by atoms with van der Waals surface area (Å²) in [5.41, 5.74) is 1.29. The third-order valence-corrected chi connectivity index (χ3v) is 2.53. The van der Waals surface area contributed by atoms with Crippen molar-refractivity contribution in [2.75, 3.05) is 0 Å². The van der Waals surface area contributed by atoms with E-state index in [9.17, 15) is 9.59 Å². The van der Waals surface area contributed by atoms with Crippen molar-refractivity contribution < 1.29 is 19.8 Å². The minimum absolute atomic E-state index is 0.0336. The molecule has 0 saturated heterocycles. The molecule has 2 aromatic carbocycles. The van der Waals surface area contributed by atoms with Gasteiger partial charge in [0.2, 0.25) is 0 Å². The molecule has 0 aromatic heterocycles. The van der Waals surface area contributed by atoms with E-state index in [1.165, 1.54) is 12.1 Å². The Hall–Kier alpha value is -2.62. The molecule has 0 aliphatic rings. The van der Waals surface area contributed by atoms with E-state index in [4.69, 9.17) is 10.2 Å². The van der Waals surface area contributed by atoms with E-state index in [0.29, 0.717) is 5.56 Å². The number of benzene rings is 2. The quantitative estimate of drug-likeness (QED) is 0.867. The lowest BCUT2D eigenvalue weighted by molar-refractivity contribution is 0.0696. The molecule has 0 aliphatic carbocycles. The van der Waals surface area contributed by atoms with Gasteiger partial charge in [0, 0.05) is 0 Å². The fraction of sp³-hybridized carbons (Fsp3) is 0. The van der Waals surface area contributed by atoms with Gasteiger partial charge in [-0.2, -0.15) is 0 Å². The van der Waals surface area contributed by atoms with E-state index in [1.54, 1.807) is 12.1 Å². The van der Waals surface area contributed by atoms with Crippen LogP contribution in [0.3, 0.4) is 0 Å². The molecular formula is C14H10O4. The summed E-state index contributed by atoms with van der Waals surface area (Å²) >= 11 is 0. The predicted molar refractivity (Wildman–Crippen MR) is 65.8 cm³/mol. The Morgan fingerprint density at radius 3 is 1.67 bits per heavy atom. The molecule has 0 aliphatic heterocycles. The molecule has 90 valence electrons. The number of carboxylic acid groups (broad SMARTS) is 2. The van der Waals surface area contributed by atoms with Crippen molar-refractivity contribution in [1.29, 1.82) is 0 Å². The second-order valence-corrected chi connectivity index (χ2v) is 3.78. The molecule has 2 N–H and O–H groups in total. The minimum atomic E-state index is -1.14. The highest BCUT2D eigenvalue weighted by atomic mass is 16.4. The van der Waals surface area contributed by atoms with Gasteiger partial charge in [0.1, 0.15) is 0 Å². The second kappa shape index (κ2) is 4.71. The van der Waals surface area contributed by atoms with Gasteiger partial charge >= 0.3 is 11.9 Å². The molecule has 18 heavy (non-hydrogen) atoms. The van der Waals surface area contributed by atoms with Crippen molar-refractivity contribution in [3.8, 4) is 11.1 Å². The maximum absolute atomic E-state index is 11.0. The summed E-state index contributed by atoms with van der Waals surface area (Å²) in [4.78, 5) is 21.9. The van der Waals surface area contributed by atoms with Crippen LogP contribution in [-0.4, -0.2) is 22.2 Å². The Kier molecular flexibility index (Phi) is 3.10. The van der Waals surface area contributed by atoms with E-state index in [1.807, 2.05) is 18.2 Å². The van der Waals surface area contributed by atoms with Gasteiger partial charge in [0.15, 0.2) is 0 Å². The zero-order valence-electron chi connectivity index (χ0n) is 9.33. The summed E-state index contributed by atoms with van der Waals surface area (Å²) in [7, 11) is 0. The Morgan fingerprint density at radius 1 is 0.722 bits per heavy atom. The molecule has 0 bridgehead atoms. The maximum atomic E-state index is 11.0. The molecule has 2 aromatic rings. The van der Waals surface area contributed by atoms with Crippen molar-refractivity contribution in [3.05, 3.63) is 59.7 Å². The van der Waals surface area contributed by atoms with Crippen LogP contribution in [0.1, 0.15) is 20.7 Å². The summed E-state index contributed by atoms with van der Waals surface area (Å²) in [6.45, 7) is 0. The minimum Gasteiger partial charge on any atom is -0.478 e. The molecule has 0 unspecified atom stereocenters. The van der Waals surface area contributed by atoms with Gasteiger partial charge in [-0.25, -0.2) is 9.59 Å². The molecule has 0 saturated carbocycles. The summed E-state index contributed by atoms with van der Waals surface area (Å²) < 4.78 is 0. The van der Waals surface area contributed by atoms with Crippen molar-refractivity contribution in [1.82, 2.24) is 0 Å². The highest BCUT2D eigenvalue weighted by Gasteiger charge is 2.11. The summed E-state index contributed by atoms with van der Waals surface area (Å²) in [5.74, 6) is -2.29. The Labute approximate surface area is 103 Å². The van der Waals surface area contributed by atoms with Gasteiger partial charge < -0.3 is 10.2 Å². The molecule has 0 fully saturated rings. The van der Waals surface area contributed by atoms with Gasteiger partial charge in [-0.05, 0) is 29.3 Å². The second-order valence-electron chi connectivity index (χ2n) is 3.78. The molecule has 0 heterocycles. The molecule has 4 heteroatoms. The number of aromatic carboxylic acids is 2. The van der Waals surface area contributed by atoms with Gasteiger partial charge in [-0.15, -0.1) is 0 Å². The lowest BCUT2D eigenvalue weighted by Gasteiger charge is -2.05. The number of hydrogen-bond acceptors (Lipinski definition) is 2. The van der Waals surface area contributed by atoms with Crippen molar-refractivity contribution >= 4 is 11.9 Å².